The highest BCUT2D eigenvalue weighted by Crippen LogP contribution is 1.96. The van der Waals surface area contributed by atoms with Crippen LogP contribution in [0.15, 0.2) is 24.3 Å². The van der Waals surface area contributed by atoms with Crippen LogP contribution in [0.2, 0.25) is 0 Å². The van der Waals surface area contributed by atoms with E-state index in [1.807, 2.05) is 0 Å². The molecule has 6 heteroatoms. The molecule has 0 fully saturated rings. The van der Waals surface area contributed by atoms with Crippen LogP contribution in [0.4, 0.5) is 0 Å². The summed E-state index contributed by atoms with van der Waals surface area (Å²) in [5, 5.41) is 17.7. The molecular formula is C8H10BNO4. The van der Waals surface area contributed by atoms with E-state index in [2.05, 4.69) is 10.3 Å². The summed E-state index contributed by atoms with van der Waals surface area (Å²) in [7, 11) is -0.256. The Bertz CT molecular complexity index is 329. The highest BCUT2D eigenvalue weighted by atomic mass is 16.6. The highest BCUT2D eigenvalue weighted by molar-refractivity contribution is 6.58. The summed E-state index contributed by atoms with van der Waals surface area (Å²) in [6.45, 7) is 0. The Hall–Kier alpha value is -1.37. The van der Waals surface area contributed by atoms with E-state index >= 15 is 0 Å². The Labute approximate surface area is 81.4 Å². The normalized spacial score (nSPS) is 9.64. The van der Waals surface area contributed by atoms with Crippen LogP contribution in [0.1, 0.15) is 10.4 Å². The van der Waals surface area contributed by atoms with Crippen LogP contribution in [-0.4, -0.2) is 30.2 Å². The minimum absolute atomic E-state index is 0.258. The molecule has 3 N–H and O–H groups in total. The van der Waals surface area contributed by atoms with Gasteiger partial charge in [-0.1, -0.05) is 12.1 Å². The van der Waals surface area contributed by atoms with Crippen molar-refractivity contribution in [3.05, 3.63) is 29.8 Å². The van der Waals surface area contributed by atoms with Crippen molar-refractivity contribution in [2.45, 2.75) is 0 Å². The zero-order valence-corrected chi connectivity index (χ0v) is 7.60. The van der Waals surface area contributed by atoms with Crippen LogP contribution in [0.5, 0.6) is 0 Å². The van der Waals surface area contributed by atoms with Gasteiger partial charge in [0.1, 0.15) is 0 Å². The number of benzene rings is 1. The quantitative estimate of drug-likeness (QED) is 0.411. The largest absolute Gasteiger partial charge is 0.488 e. The van der Waals surface area contributed by atoms with Crippen LogP contribution >= 0.6 is 0 Å². The second-order valence-electron chi connectivity index (χ2n) is 2.63. The third-order valence-corrected chi connectivity index (χ3v) is 1.64. The SMILES string of the molecule is CONC(=O)c1cccc(B(O)O)c1. The van der Waals surface area contributed by atoms with Crippen LogP contribution in [0, 0.1) is 0 Å². The maximum Gasteiger partial charge on any atom is 0.488 e. The molecule has 0 spiro atoms. The van der Waals surface area contributed by atoms with Gasteiger partial charge in [-0.15, -0.1) is 0 Å². The average Bonchev–Trinajstić information content (AvgIpc) is 2.18. The molecular weight excluding hydrogens is 185 g/mol. The molecule has 0 saturated heterocycles. The van der Waals surface area contributed by atoms with Gasteiger partial charge >= 0.3 is 7.12 Å². The summed E-state index contributed by atoms with van der Waals surface area (Å²) in [4.78, 5) is 15.7. The van der Waals surface area contributed by atoms with E-state index in [1.165, 1.54) is 19.2 Å². The highest BCUT2D eigenvalue weighted by Gasteiger charge is 2.13. The molecule has 0 atom stereocenters. The predicted octanol–water partition coefficient (Wildman–Crippen LogP) is -1.34. The molecule has 0 aliphatic carbocycles. The number of rotatable bonds is 3. The number of carbonyl (C=O) groups excluding carboxylic acids is 1. The number of carbonyl (C=O) groups is 1. The fraction of sp³-hybridized carbons (Fsp3) is 0.125. The minimum Gasteiger partial charge on any atom is -0.423 e. The Morgan fingerprint density at radius 1 is 1.50 bits per heavy atom. The molecule has 0 aliphatic heterocycles. The summed E-state index contributed by atoms with van der Waals surface area (Å²) in [6, 6.07) is 5.98. The van der Waals surface area contributed by atoms with Crippen LogP contribution < -0.4 is 10.9 Å². The second kappa shape index (κ2) is 4.76. The molecule has 0 heterocycles. The number of hydrogen-bond donors (Lipinski definition) is 3. The van der Waals surface area contributed by atoms with Gasteiger partial charge in [0.25, 0.3) is 5.91 Å². The van der Waals surface area contributed by atoms with Gasteiger partial charge in [0, 0.05) is 5.56 Å². The Morgan fingerprint density at radius 3 is 2.79 bits per heavy atom. The average molecular weight is 195 g/mol. The van der Waals surface area contributed by atoms with Gasteiger partial charge in [0.2, 0.25) is 0 Å². The first-order valence-corrected chi connectivity index (χ1v) is 3.94. The van der Waals surface area contributed by atoms with Gasteiger partial charge in [0.15, 0.2) is 0 Å². The van der Waals surface area contributed by atoms with Gasteiger partial charge in [-0.25, -0.2) is 5.48 Å². The predicted molar refractivity (Wildman–Crippen MR) is 50.7 cm³/mol. The van der Waals surface area contributed by atoms with E-state index in [0.717, 1.165) is 0 Å². The Kier molecular flexibility index (Phi) is 3.64. The van der Waals surface area contributed by atoms with E-state index in [1.54, 1.807) is 12.1 Å². The fourth-order valence-corrected chi connectivity index (χ4v) is 0.992. The van der Waals surface area contributed by atoms with Gasteiger partial charge < -0.3 is 10.0 Å². The summed E-state index contributed by atoms with van der Waals surface area (Å²) >= 11 is 0. The van der Waals surface area contributed by atoms with Crippen molar-refractivity contribution < 1.29 is 19.7 Å². The lowest BCUT2D eigenvalue weighted by Gasteiger charge is -2.04. The van der Waals surface area contributed by atoms with Gasteiger partial charge in [-0.05, 0) is 17.6 Å². The van der Waals surface area contributed by atoms with Gasteiger partial charge in [0.05, 0.1) is 7.11 Å². The Balaban J connectivity index is 2.88. The molecule has 0 saturated carbocycles. The topological polar surface area (TPSA) is 78.8 Å². The molecule has 0 bridgehead atoms. The van der Waals surface area contributed by atoms with E-state index < -0.39 is 13.0 Å². The van der Waals surface area contributed by atoms with Crippen molar-refractivity contribution in [1.29, 1.82) is 0 Å². The molecule has 1 amide bonds. The zero-order valence-electron chi connectivity index (χ0n) is 7.60. The van der Waals surface area contributed by atoms with Crippen LogP contribution in [0.3, 0.4) is 0 Å². The van der Waals surface area contributed by atoms with E-state index in [0.29, 0.717) is 5.56 Å². The lowest BCUT2D eigenvalue weighted by atomic mass is 9.79. The second-order valence-corrected chi connectivity index (χ2v) is 2.63. The molecule has 5 nitrogen and oxygen atoms in total. The van der Waals surface area contributed by atoms with E-state index in [4.69, 9.17) is 10.0 Å². The fourth-order valence-electron chi connectivity index (χ4n) is 0.992. The number of hydroxylamine groups is 1. The number of hydrogen-bond acceptors (Lipinski definition) is 4. The smallest absolute Gasteiger partial charge is 0.423 e. The molecule has 0 aromatic heterocycles. The van der Waals surface area contributed by atoms with Crippen molar-refractivity contribution in [2.24, 2.45) is 0 Å². The van der Waals surface area contributed by atoms with Crippen molar-refractivity contribution in [3.63, 3.8) is 0 Å². The molecule has 14 heavy (non-hydrogen) atoms. The van der Waals surface area contributed by atoms with Crippen LogP contribution in [-0.2, 0) is 4.84 Å². The summed E-state index contributed by atoms with van der Waals surface area (Å²) in [6.07, 6.45) is 0. The summed E-state index contributed by atoms with van der Waals surface area (Å²) in [5.74, 6) is -0.435. The third-order valence-electron chi connectivity index (χ3n) is 1.64. The molecule has 1 aromatic rings. The molecule has 0 radical (unpaired) electrons. The minimum atomic E-state index is -1.58. The molecule has 0 unspecified atom stereocenters. The van der Waals surface area contributed by atoms with Crippen molar-refractivity contribution in [2.75, 3.05) is 7.11 Å². The first kappa shape index (κ1) is 10.7. The monoisotopic (exact) mass is 195 g/mol. The lowest BCUT2D eigenvalue weighted by molar-refractivity contribution is 0.0538. The van der Waals surface area contributed by atoms with Crippen molar-refractivity contribution >= 4 is 18.5 Å². The molecule has 74 valence electrons. The maximum atomic E-state index is 11.2. The first-order valence-electron chi connectivity index (χ1n) is 3.94. The molecule has 0 aliphatic rings. The van der Waals surface area contributed by atoms with Crippen molar-refractivity contribution in [3.8, 4) is 0 Å². The van der Waals surface area contributed by atoms with Crippen molar-refractivity contribution in [1.82, 2.24) is 5.48 Å². The summed E-state index contributed by atoms with van der Waals surface area (Å²) < 4.78 is 0. The maximum absolute atomic E-state index is 11.2. The standard InChI is InChI=1S/C8H10BNO4/c1-14-10-8(11)6-3-2-4-7(5-6)9(12)13/h2-5,12-13H,1H3,(H,10,11). The zero-order chi connectivity index (χ0) is 10.6. The van der Waals surface area contributed by atoms with E-state index in [9.17, 15) is 4.79 Å². The third kappa shape index (κ3) is 2.56. The first-order chi connectivity index (χ1) is 6.65. The molecule has 1 rings (SSSR count). The van der Waals surface area contributed by atoms with Gasteiger partial charge in [-0.2, -0.15) is 0 Å². The number of amides is 1. The molecule has 1 aromatic carbocycles. The lowest BCUT2D eigenvalue weighted by Crippen LogP contribution is -2.31. The Morgan fingerprint density at radius 2 is 2.21 bits per heavy atom. The number of nitrogens with one attached hydrogen (secondary N) is 1. The van der Waals surface area contributed by atoms with E-state index in [-0.39, 0.29) is 5.46 Å². The summed E-state index contributed by atoms with van der Waals surface area (Å²) in [5.41, 5.74) is 2.69. The van der Waals surface area contributed by atoms with Crippen LogP contribution in [0.25, 0.3) is 0 Å². The van der Waals surface area contributed by atoms with Gasteiger partial charge in [-0.3, -0.25) is 9.63 Å².